The Kier molecular flexibility index (Phi) is 92.7. The summed E-state index contributed by atoms with van der Waals surface area (Å²) in [5, 5.41) is 11.0. The average molecular weight is 1180 g/mol. The van der Waals surface area contributed by atoms with Gasteiger partial charge in [-0.25, -0.2) is 0 Å². The van der Waals surface area contributed by atoms with E-state index in [0.29, 0.717) is 47.3 Å². The third kappa shape index (κ3) is 62.5. The Morgan fingerprint density at radius 2 is 0.675 bits per heavy atom. The van der Waals surface area contributed by atoms with Crippen LogP contribution in [0.1, 0.15) is 295 Å². The molecule has 0 aromatic carbocycles. The molecule has 0 unspecified atom stereocenters. The second kappa shape index (κ2) is 63.4. The summed E-state index contributed by atoms with van der Waals surface area (Å²) >= 11 is 5.10. The zero-order valence-corrected chi connectivity index (χ0v) is 55.8. The summed E-state index contributed by atoms with van der Waals surface area (Å²) in [5.74, 6) is 7.61. The van der Waals surface area contributed by atoms with Gasteiger partial charge < -0.3 is 9.47 Å². The van der Waals surface area contributed by atoms with Gasteiger partial charge in [-0.2, -0.15) is 5.06 Å². The van der Waals surface area contributed by atoms with Crippen molar-refractivity contribution in [3.05, 3.63) is 0 Å². The van der Waals surface area contributed by atoms with Crippen molar-refractivity contribution in [1.29, 1.82) is 0 Å². The van der Waals surface area contributed by atoms with Crippen molar-refractivity contribution in [2.45, 2.75) is 313 Å². The van der Waals surface area contributed by atoms with Crippen LogP contribution in [0.25, 0.3) is 0 Å². The lowest BCUT2D eigenvalue weighted by Crippen LogP contribution is -2.41. The molecule has 1 fully saturated rings. The fourth-order valence-electron chi connectivity index (χ4n) is 7.09. The fourth-order valence-corrected chi connectivity index (χ4v) is 7.09. The van der Waals surface area contributed by atoms with E-state index in [4.69, 9.17) is 31.7 Å². The molecule has 1 saturated heterocycles. The maximum atomic E-state index is 10.9. The highest BCUT2D eigenvalue weighted by Crippen LogP contribution is 2.35. The van der Waals surface area contributed by atoms with Crippen molar-refractivity contribution in [2.24, 2.45) is 94.7 Å². The molecule has 0 saturated carbocycles. The topological polar surface area (TPSA) is 105 Å². The number of nitrogens with zero attached hydrogens (tertiary/aromatic N) is 2. The molecule has 0 atom stereocenters. The van der Waals surface area contributed by atoms with Gasteiger partial charge in [-0.05, 0) is 84.6 Å². The molecule has 0 aromatic heterocycles. The third-order valence-corrected chi connectivity index (χ3v) is 13.7. The van der Waals surface area contributed by atoms with Gasteiger partial charge in [0, 0.05) is 60.4 Å². The van der Waals surface area contributed by atoms with Gasteiger partial charge in [0.25, 0.3) is 0 Å². The maximum Gasteiger partial charge on any atom is 0.208 e. The molecule has 1 aliphatic rings. The zero-order chi connectivity index (χ0) is 59.5. The van der Waals surface area contributed by atoms with Crippen molar-refractivity contribution in [2.75, 3.05) is 27.3 Å². The van der Waals surface area contributed by atoms with Gasteiger partial charge in [-0.15, -0.1) is 0 Å². The molecule has 1 N–H and O–H groups in total. The van der Waals surface area contributed by atoms with E-state index >= 15 is 0 Å². The first kappa shape index (κ1) is 117. The zero-order valence-electron chi connectivity index (χ0n) is 55.0. The molecule has 10 heteroatoms. The van der Waals surface area contributed by atoms with Crippen LogP contribution in [0.4, 0.5) is 0 Å². The number of hydrogen-bond donors (Lipinski definition) is 1. The molecule has 0 amide bonds. The number of ether oxygens (including phenoxy) is 2. The minimum atomic E-state index is -0.306. The molecular weight excluding hydrogens is 1010 g/mol. The van der Waals surface area contributed by atoms with E-state index in [1.54, 1.807) is 34.7 Å². The summed E-state index contributed by atoms with van der Waals surface area (Å²) in [5.41, 5.74) is 1.08. The van der Waals surface area contributed by atoms with Crippen molar-refractivity contribution >= 4 is 40.1 Å². The fraction of sp³-hybridized carbons (Fsp3) is 0.929. The van der Waals surface area contributed by atoms with Crippen molar-refractivity contribution in [3.63, 3.8) is 0 Å². The van der Waals surface area contributed by atoms with Gasteiger partial charge in [0.15, 0.2) is 12.8 Å². The predicted molar refractivity (Wildman–Crippen MR) is 374 cm³/mol. The molecule has 1 heterocycles. The molecular formula is C70H163N2O7S+. The Bertz CT molecular complexity index is 1250. The van der Waals surface area contributed by atoms with Crippen LogP contribution < -0.4 is 0 Å². The lowest BCUT2D eigenvalue weighted by Gasteiger charge is -2.35. The normalized spacial score (nSPS) is 11.8. The van der Waals surface area contributed by atoms with E-state index in [2.05, 4.69) is 166 Å². The summed E-state index contributed by atoms with van der Waals surface area (Å²) < 4.78 is 12.5. The van der Waals surface area contributed by atoms with E-state index in [0.717, 1.165) is 54.4 Å². The number of hydroxylamine groups is 3. The van der Waals surface area contributed by atoms with Gasteiger partial charge in [0.1, 0.15) is 5.78 Å². The Morgan fingerprint density at radius 3 is 0.725 bits per heavy atom. The number of carbonyl (C=O) groups is 3. The van der Waals surface area contributed by atoms with Crippen LogP contribution in [0.15, 0.2) is 0 Å². The molecule has 1 rings (SSSR count). The van der Waals surface area contributed by atoms with Gasteiger partial charge in [0.05, 0.1) is 19.3 Å². The molecule has 1 aliphatic heterocycles. The molecule has 0 radical (unpaired) electrons. The van der Waals surface area contributed by atoms with Gasteiger partial charge >= 0.3 is 0 Å². The van der Waals surface area contributed by atoms with E-state index in [1.165, 1.54) is 9.60 Å². The minimum absolute atomic E-state index is 0. The average Bonchev–Trinajstić information content (AvgIpc) is 3.75. The van der Waals surface area contributed by atoms with E-state index < -0.39 is 0 Å². The predicted octanol–water partition coefficient (Wildman–Crippen LogP) is 22.4. The molecule has 0 aliphatic carbocycles. The van der Waals surface area contributed by atoms with Crippen LogP contribution >= 0.6 is 12.2 Å². The number of carbonyl (C=O) groups excluding carboxylic acids is 3. The first-order valence-corrected chi connectivity index (χ1v) is 28.8. The van der Waals surface area contributed by atoms with Gasteiger partial charge in [0.2, 0.25) is 17.3 Å². The third-order valence-electron chi connectivity index (χ3n) is 12.8. The highest BCUT2D eigenvalue weighted by molar-refractivity contribution is 7.80. The first-order valence-electron chi connectivity index (χ1n) is 28.4. The SMILES string of the molecule is C.C.C.C.C.C.C.C.CC(C)C(=O)C(=O)C(C)C.CC(C)C(=O)C(C)C.CC(C)C(=S)C(C)C.CC(C)C(C(C)C)=[N+](C)O.CC(C)C(C)C(C)C.CC(C)C(C)C(C)C.CC(C)C1(C(C)C)OCCO1.CC(C)ON(C)C(C)C. The lowest BCUT2D eigenvalue weighted by atomic mass is 9.88. The quantitative estimate of drug-likeness (QED) is 0.0359. The standard InChI is InChI=1S/C9H18O2.C8H18NO.C8H14O2.2C8H18.C7H17NO.C7H14O.C7H14S.8CH4/c1-7(2)9(8(3)4)10-5-6-11-9;1-6(2)8(7(3)4)9(5)10;1-5(2)7(9)8(10)6(3)4;2*1-6(2)8(5)7(3)4;1-6(2)8(5)9-7(3)4;2*1-5(2)7(8)6(3)4;;;;;;;;/h7-8H,5-6H2,1-4H3;6-7,10H,1-5H3;5-6H,1-4H3;2*6-8H,1-5H3;6-7H,1-5H3;2*5-6H,1-4H3;8*1H4/q;+1;;;;;;;;;;;;;;. The van der Waals surface area contributed by atoms with Crippen LogP contribution in [0.3, 0.4) is 0 Å². The summed E-state index contributed by atoms with van der Waals surface area (Å²) in [6, 6.07) is 0.465. The van der Waals surface area contributed by atoms with Crippen LogP contribution in [-0.4, -0.2) is 88.2 Å². The van der Waals surface area contributed by atoms with Gasteiger partial charge in [-0.3, -0.25) is 24.4 Å². The smallest absolute Gasteiger partial charge is 0.208 e. The molecule has 500 valence electrons. The number of Topliss-reactive ketones (excluding diaryl/α,β-unsaturated/α-hetero) is 3. The number of rotatable bonds is 18. The van der Waals surface area contributed by atoms with E-state index in [9.17, 15) is 14.4 Å². The van der Waals surface area contributed by atoms with Crippen LogP contribution in [0.2, 0.25) is 0 Å². The molecule has 9 nitrogen and oxygen atoms in total. The van der Waals surface area contributed by atoms with Crippen LogP contribution in [0.5, 0.6) is 0 Å². The first-order chi connectivity index (χ1) is 32.3. The Balaban J connectivity index is -0.0000000459. The number of thiocarbonyl (C=S) groups is 1. The van der Waals surface area contributed by atoms with Crippen molar-refractivity contribution in [1.82, 2.24) is 5.06 Å². The van der Waals surface area contributed by atoms with E-state index in [1.807, 2.05) is 53.7 Å². The number of ketones is 3. The summed E-state index contributed by atoms with van der Waals surface area (Å²) in [6.45, 7) is 72.8. The second-order valence-corrected chi connectivity index (χ2v) is 25.4. The molecule has 0 bridgehead atoms. The molecule has 0 spiro atoms. The van der Waals surface area contributed by atoms with Crippen LogP contribution in [-0.2, 0) is 28.7 Å². The Morgan fingerprint density at radius 1 is 0.438 bits per heavy atom. The second-order valence-electron chi connectivity index (χ2n) is 24.9. The van der Waals surface area contributed by atoms with Crippen molar-refractivity contribution < 1.29 is 38.6 Å². The molecule has 80 heavy (non-hydrogen) atoms. The summed E-state index contributed by atoms with van der Waals surface area (Å²) in [7, 11) is 3.62. The lowest BCUT2D eigenvalue weighted by molar-refractivity contribution is -0.757. The van der Waals surface area contributed by atoms with Crippen LogP contribution in [0, 0.1) is 94.7 Å². The number of hydrogen-bond acceptors (Lipinski definition) is 9. The van der Waals surface area contributed by atoms with Gasteiger partial charge in [-0.1, -0.05) is 279 Å². The Labute approximate surface area is 516 Å². The van der Waals surface area contributed by atoms with E-state index in [-0.39, 0.29) is 107 Å². The highest BCUT2D eigenvalue weighted by atomic mass is 32.1. The summed E-state index contributed by atoms with van der Waals surface area (Å²) in [4.78, 5) is 39.2. The highest BCUT2D eigenvalue weighted by Gasteiger charge is 2.42. The largest absolute Gasteiger partial charge is 0.347 e. The maximum absolute atomic E-state index is 10.9. The summed E-state index contributed by atoms with van der Waals surface area (Å²) in [6.07, 6.45) is 0.289. The molecule has 0 aromatic rings. The monoisotopic (exact) mass is 1180 g/mol. The minimum Gasteiger partial charge on any atom is -0.347 e. The van der Waals surface area contributed by atoms with Crippen molar-refractivity contribution in [3.8, 4) is 0 Å². The Hall–Kier alpha value is -1.59.